The van der Waals surface area contributed by atoms with Crippen molar-refractivity contribution < 1.29 is 0 Å². The molecule has 0 unspecified atom stereocenters. The van der Waals surface area contributed by atoms with Crippen LogP contribution in [0.1, 0.15) is 11.4 Å². The molecule has 2 N–H and O–H groups in total. The fraction of sp³-hybridized carbons (Fsp3) is 0.364. The number of fused-ring (bicyclic) bond motifs is 1. The topological polar surface area (TPSA) is 40.7 Å². The fourth-order valence-electron chi connectivity index (χ4n) is 1.66. The SMILES string of the molecule is CNCCc1nc2c(C)cc(Br)cc2[nH]1. The van der Waals surface area contributed by atoms with Crippen LogP contribution in [0, 0.1) is 6.92 Å². The fourth-order valence-corrected chi connectivity index (χ4v) is 2.23. The Kier molecular flexibility index (Phi) is 3.07. The van der Waals surface area contributed by atoms with Crippen LogP contribution in [0.2, 0.25) is 0 Å². The zero-order valence-electron chi connectivity index (χ0n) is 8.89. The standard InChI is InChI=1S/C11H14BrN3/c1-7-5-8(12)6-9-11(7)15-10(14-9)3-4-13-2/h5-6,13H,3-4H2,1-2H3,(H,14,15). The van der Waals surface area contributed by atoms with E-state index in [9.17, 15) is 0 Å². The van der Waals surface area contributed by atoms with Crippen LogP contribution < -0.4 is 5.32 Å². The summed E-state index contributed by atoms with van der Waals surface area (Å²) in [5, 5.41) is 3.12. The van der Waals surface area contributed by atoms with Crippen LogP contribution >= 0.6 is 15.9 Å². The van der Waals surface area contributed by atoms with Crippen molar-refractivity contribution in [2.45, 2.75) is 13.3 Å². The molecular formula is C11H14BrN3. The highest BCUT2D eigenvalue weighted by atomic mass is 79.9. The van der Waals surface area contributed by atoms with Gasteiger partial charge in [-0.05, 0) is 31.7 Å². The minimum Gasteiger partial charge on any atom is -0.342 e. The Morgan fingerprint density at radius 3 is 3.00 bits per heavy atom. The third-order valence-electron chi connectivity index (χ3n) is 2.40. The van der Waals surface area contributed by atoms with E-state index in [1.807, 2.05) is 7.05 Å². The van der Waals surface area contributed by atoms with E-state index in [0.717, 1.165) is 34.3 Å². The van der Waals surface area contributed by atoms with E-state index in [0.29, 0.717) is 0 Å². The molecule has 0 aliphatic carbocycles. The zero-order chi connectivity index (χ0) is 10.8. The first-order valence-corrected chi connectivity index (χ1v) is 5.79. The molecule has 2 rings (SSSR count). The monoisotopic (exact) mass is 267 g/mol. The van der Waals surface area contributed by atoms with Crippen molar-refractivity contribution in [2.24, 2.45) is 0 Å². The molecule has 0 bridgehead atoms. The number of aromatic amines is 1. The predicted octanol–water partition coefficient (Wildman–Crippen LogP) is 2.40. The van der Waals surface area contributed by atoms with Crippen molar-refractivity contribution in [2.75, 3.05) is 13.6 Å². The second kappa shape index (κ2) is 4.33. The molecule has 0 saturated heterocycles. The summed E-state index contributed by atoms with van der Waals surface area (Å²) >= 11 is 3.49. The Balaban J connectivity index is 2.41. The molecule has 0 amide bonds. The van der Waals surface area contributed by atoms with Gasteiger partial charge in [0.15, 0.2) is 0 Å². The number of aromatic nitrogens is 2. The van der Waals surface area contributed by atoms with Crippen molar-refractivity contribution in [3.05, 3.63) is 28.0 Å². The molecule has 3 nitrogen and oxygen atoms in total. The quantitative estimate of drug-likeness (QED) is 0.897. The van der Waals surface area contributed by atoms with Gasteiger partial charge in [-0.2, -0.15) is 0 Å². The number of nitrogens with zero attached hydrogens (tertiary/aromatic N) is 1. The van der Waals surface area contributed by atoms with Crippen LogP contribution in [0.4, 0.5) is 0 Å². The molecule has 4 heteroatoms. The molecular weight excluding hydrogens is 254 g/mol. The lowest BCUT2D eigenvalue weighted by molar-refractivity contribution is 0.766. The summed E-state index contributed by atoms with van der Waals surface area (Å²) in [7, 11) is 1.95. The first-order chi connectivity index (χ1) is 7.20. The molecule has 0 atom stereocenters. The summed E-state index contributed by atoms with van der Waals surface area (Å²) in [6, 6.07) is 4.16. The highest BCUT2D eigenvalue weighted by molar-refractivity contribution is 9.10. The Hall–Kier alpha value is -0.870. The predicted molar refractivity (Wildman–Crippen MR) is 66.2 cm³/mol. The summed E-state index contributed by atoms with van der Waals surface area (Å²) in [4.78, 5) is 7.91. The molecule has 0 aliphatic rings. The van der Waals surface area contributed by atoms with Gasteiger partial charge < -0.3 is 10.3 Å². The van der Waals surface area contributed by atoms with Gasteiger partial charge in [-0.25, -0.2) is 4.98 Å². The van der Waals surface area contributed by atoms with Crippen molar-refractivity contribution >= 4 is 27.0 Å². The van der Waals surface area contributed by atoms with Crippen LogP contribution in [0.3, 0.4) is 0 Å². The normalized spacial score (nSPS) is 11.1. The minimum absolute atomic E-state index is 0.933. The van der Waals surface area contributed by atoms with E-state index in [1.165, 1.54) is 5.56 Å². The first kappa shape index (κ1) is 10.6. The van der Waals surface area contributed by atoms with Gasteiger partial charge in [0, 0.05) is 17.4 Å². The van der Waals surface area contributed by atoms with E-state index >= 15 is 0 Å². The number of nitrogens with one attached hydrogen (secondary N) is 2. The number of hydrogen-bond acceptors (Lipinski definition) is 2. The van der Waals surface area contributed by atoms with Gasteiger partial charge in [0.2, 0.25) is 0 Å². The Morgan fingerprint density at radius 2 is 2.27 bits per heavy atom. The molecule has 80 valence electrons. The summed E-state index contributed by atoms with van der Waals surface area (Å²) < 4.78 is 1.09. The lowest BCUT2D eigenvalue weighted by Crippen LogP contribution is -2.10. The number of aryl methyl sites for hydroxylation is 1. The lowest BCUT2D eigenvalue weighted by atomic mass is 10.2. The molecule has 0 aliphatic heterocycles. The molecule has 15 heavy (non-hydrogen) atoms. The van der Waals surface area contributed by atoms with E-state index in [-0.39, 0.29) is 0 Å². The number of imidazole rings is 1. The third kappa shape index (κ3) is 2.21. The second-order valence-corrected chi connectivity index (χ2v) is 4.57. The molecule has 1 heterocycles. The number of hydrogen-bond donors (Lipinski definition) is 2. The molecule has 1 aromatic carbocycles. The second-order valence-electron chi connectivity index (χ2n) is 3.66. The maximum absolute atomic E-state index is 4.57. The number of halogens is 1. The van der Waals surface area contributed by atoms with E-state index < -0.39 is 0 Å². The lowest BCUT2D eigenvalue weighted by Gasteiger charge is -1.94. The van der Waals surface area contributed by atoms with Gasteiger partial charge in [0.25, 0.3) is 0 Å². The van der Waals surface area contributed by atoms with Crippen molar-refractivity contribution in [3.63, 3.8) is 0 Å². The zero-order valence-corrected chi connectivity index (χ0v) is 10.5. The third-order valence-corrected chi connectivity index (χ3v) is 2.86. The molecule has 1 aromatic heterocycles. The molecule has 0 radical (unpaired) electrons. The maximum atomic E-state index is 4.57. The van der Waals surface area contributed by atoms with Gasteiger partial charge in [-0.3, -0.25) is 0 Å². The largest absolute Gasteiger partial charge is 0.342 e. The van der Waals surface area contributed by atoms with Crippen LogP contribution in [0.5, 0.6) is 0 Å². The number of likely N-dealkylation sites (N-methyl/N-ethyl adjacent to an activating group) is 1. The van der Waals surface area contributed by atoms with Gasteiger partial charge in [-0.1, -0.05) is 15.9 Å². The highest BCUT2D eigenvalue weighted by Crippen LogP contribution is 2.21. The number of H-pyrrole nitrogens is 1. The molecule has 2 aromatic rings. The van der Waals surface area contributed by atoms with Crippen molar-refractivity contribution in [1.29, 1.82) is 0 Å². The Bertz CT molecular complexity index is 476. The molecule has 0 fully saturated rings. The summed E-state index contributed by atoms with van der Waals surface area (Å²) in [5.41, 5.74) is 3.38. The molecule has 0 spiro atoms. The Morgan fingerprint density at radius 1 is 1.47 bits per heavy atom. The molecule has 0 saturated carbocycles. The number of rotatable bonds is 3. The summed E-state index contributed by atoms with van der Waals surface area (Å²) in [5.74, 6) is 1.04. The Labute approximate surface area is 97.4 Å². The van der Waals surface area contributed by atoms with Crippen LogP contribution in [-0.4, -0.2) is 23.6 Å². The van der Waals surface area contributed by atoms with Gasteiger partial charge in [0.05, 0.1) is 11.0 Å². The van der Waals surface area contributed by atoms with Crippen LogP contribution in [0.25, 0.3) is 11.0 Å². The smallest absolute Gasteiger partial charge is 0.108 e. The van der Waals surface area contributed by atoms with Gasteiger partial charge in [0.1, 0.15) is 5.82 Å². The van der Waals surface area contributed by atoms with Gasteiger partial charge >= 0.3 is 0 Å². The van der Waals surface area contributed by atoms with Gasteiger partial charge in [-0.15, -0.1) is 0 Å². The van der Waals surface area contributed by atoms with Crippen LogP contribution in [0.15, 0.2) is 16.6 Å². The summed E-state index contributed by atoms with van der Waals surface area (Å²) in [6.07, 6.45) is 0.933. The summed E-state index contributed by atoms with van der Waals surface area (Å²) in [6.45, 7) is 3.02. The average molecular weight is 268 g/mol. The van der Waals surface area contributed by atoms with Crippen molar-refractivity contribution in [1.82, 2.24) is 15.3 Å². The van der Waals surface area contributed by atoms with Crippen LogP contribution in [-0.2, 0) is 6.42 Å². The highest BCUT2D eigenvalue weighted by Gasteiger charge is 2.05. The minimum atomic E-state index is 0.933. The first-order valence-electron chi connectivity index (χ1n) is 5.00. The van der Waals surface area contributed by atoms with E-state index in [4.69, 9.17) is 0 Å². The van der Waals surface area contributed by atoms with E-state index in [2.05, 4.69) is 50.3 Å². The number of benzene rings is 1. The average Bonchev–Trinajstić information content (AvgIpc) is 2.57. The maximum Gasteiger partial charge on any atom is 0.108 e. The van der Waals surface area contributed by atoms with Crippen molar-refractivity contribution in [3.8, 4) is 0 Å². The van der Waals surface area contributed by atoms with E-state index in [1.54, 1.807) is 0 Å².